The van der Waals surface area contributed by atoms with E-state index in [4.69, 9.17) is 9.40 Å². The summed E-state index contributed by atoms with van der Waals surface area (Å²) in [5.74, 6) is 0. The quantitative estimate of drug-likeness (QED) is 0.152. The van der Waals surface area contributed by atoms with Gasteiger partial charge in [-0.3, -0.25) is 4.98 Å². The summed E-state index contributed by atoms with van der Waals surface area (Å²) in [6.45, 7) is 0. The van der Waals surface area contributed by atoms with Crippen LogP contribution in [-0.4, -0.2) is 4.98 Å². The van der Waals surface area contributed by atoms with Gasteiger partial charge >= 0.3 is 0 Å². The second-order valence-electron chi connectivity index (χ2n) is 12.0. The van der Waals surface area contributed by atoms with Crippen LogP contribution in [0, 0.1) is 0 Å². The molecule has 0 saturated carbocycles. The van der Waals surface area contributed by atoms with Crippen LogP contribution in [0.1, 0.15) is 0 Å². The smallest absolute Gasteiger partial charge is 0.137 e. The van der Waals surface area contributed by atoms with E-state index in [2.05, 4.69) is 138 Å². The van der Waals surface area contributed by atoms with Crippen molar-refractivity contribution in [3.63, 3.8) is 0 Å². The Kier molecular flexibility index (Phi) is 5.28. The minimum Gasteiger partial charge on any atom is -0.456 e. The van der Waals surface area contributed by atoms with Crippen LogP contribution in [0.5, 0.6) is 0 Å². The minimum absolute atomic E-state index is 0.882. The van der Waals surface area contributed by atoms with Gasteiger partial charge in [0.1, 0.15) is 11.2 Å². The highest BCUT2D eigenvalue weighted by molar-refractivity contribution is 6.30. The van der Waals surface area contributed by atoms with Gasteiger partial charge in [0.25, 0.3) is 0 Å². The van der Waals surface area contributed by atoms with Gasteiger partial charge in [0.2, 0.25) is 0 Å². The first-order valence-corrected chi connectivity index (χ1v) is 15.6. The topological polar surface area (TPSA) is 29.3 Å². The number of benzene rings is 8. The molecule has 3 nitrogen and oxygen atoms in total. The van der Waals surface area contributed by atoms with Crippen molar-refractivity contribution in [1.29, 1.82) is 0 Å². The number of nitrogens with zero attached hydrogens (tertiary/aromatic N) is 2. The Morgan fingerprint density at radius 1 is 0.435 bits per heavy atom. The minimum atomic E-state index is 0.882. The van der Waals surface area contributed by atoms with Crippen molar-refractivity contribution in [3.8, 4) is 11.1 Å². The van der Waals surface area contributed by atoms with E-state index in [0.29, 0.717) is 0 Å². The highest BCUT2D eigenvalue weighted by Crippen LogP contribution is 2.43. The van der Waals surface area contributed by atoms with E-state index in [9.17, 15) is 0 Å². The van der Waals surface area contributed by atoms with Gasteiger partial charge in [-0.25, -0.2) is 0 Å². The van der Waals surface area contributed by atoms with Crippen LogP contribution in [0.15, 0.2) is 162 Å². The third kappa shape index (κ3) is 3.69. The highest BCUT2D eigenvalue weighted by atomic mass is 16.3. The van der Waals surface area contributed by atoms with Crippen molar-refractivity contribution in [2.45, 2.75) is 0 Å². The molecule has 10 aromatic rings. The average Bonchev–Trinajstić information content (AvgIpc) is 3.49. The standard InChI is InChI=1S/C43H26N2O/c1-2-8-31(9-3-1)45(33-19-21-36-35-10-4-5-11-39(35)46-40(36)26-33)32-17-14-27(15-18-32)34-20-16-28-12-13-29-25-30-7-6-24-44-43(30)38-23-22-37(34)41(28)42(29)38/h1-26H. The molecule has 214 valence electrons. The van der Waals surface area contributed by atoms with Crippen molar-refractivity contribution in [3.05, 3.63) is 158 Å². The molecule has 0 saturated heterocycles. The van der Waals surface area contributed by atoms with Crippen LogP contribution in [-0.2, 0) is 0 Å². The first-order chi connectivity index (χ1) is 22.8. The van der Waals surface area contributed by atoms with Crippen molar-refractivity contribution in [2.24, 2.45) is 0 Å². The summed E-state index contributed by atoms with van der Waals surface area (Å²) in [4.78, 5) is 7.05. The second kappa shape index (κ2) is 9.65. The molecule has 0 amide bonds. The number of hydrogen-bond donors (Lipinski definition) is 0. The molecule has 46 heavy (non-hydrogen) atoms. The third-order valence-electron chi connectivity index (χ3n) is 9.42. The maximum atomic E-state index is 6.27. The summed E-state index contributed by atoms with van der Waals surface area (Å²) in [5.41, 5.74) is 8.48. The molecule has 0 aliphatic carbocycles. The van der Waals surface area contributed by atoms with Gasteiger partial charge in [-0.2, -0.15) is 0 Å². The average molecular weight is 587 g/mol. The number of anilines is 3. The molecule has 0 aliphatic rings. The lowest BCUT2D eigenvalue weighted by Crippen LogP contribution is -2.09. The van der Waals surface area contributed by atoms with Gasteiger partial charge in [0.15, 0.2) is 0 Å². The van der Waals surface area contributed by atoms with Crippen LogP contribution in [0.25, 0.3) is 76.3 Å². The summed E-state index contributed by atoms with van der Waals surface area (Å²) < 4.78 is 6.27. The van der Waals surface area contributed by atoms with Crippen molar-refractivity contribution < 1.29 is 4.42 Å². The Morgan fingerprint density at radius 2 is 1.13 bits per heavy atom. The first kappa shape index (κ1) is 25.2. The van der Waals surface area contributed by atoms with Crippen molar-refractivity contribution in [2.75, 3.05) is 4.90 Å². The number of pyridine rings is 1. The Hall–Kier alpha value is -6.19. The van der Waals surface area contributed by atoms with Gasteiger partial charge in [0.05, 0.1) is 5.52 Å². The Balaban J connectivity index is 1.12. The number of furan rings is 1. The zero-order chi connectivity index (χ0) is 30.2. The zero-order valence-corrected chi connectivity index (χ0v) is 24.8. The second-order valence-corrected chi connectivity index (χ2v) is 12.0. The van der Waals surface area contributed by atoms with Gasteiger partial charge in [-0.15, -0.1) is 0 Å². The highest BCUT2D eigenvalue weighted by Gasteiger charge is 2.17. The van der Waals surface area contributed by atoms with Crippen LogP contribution >= 0.6 is 0 Å². The first-order valence-electron chi connectivity index (χ1n) is 15.6. The van der Waals surface area contributed by atoms with Crippen LogP contribution < -0.4 is 4.90 Å². The summed E-state index contributed by atoms with van der Waals surface area (Å²) in [5, 5.41) is 11.0. The van der Waals surface area contributed by atoms with Crippen molar-refractivity contribution in [1.82, 2.24) is 4.98 Å². The van der Waals surface area contributed by atoms with Crippen LogP contribution in [0.3, 0.4) is 0 Å². The van der Waals surface area contributed by atoms with E-state index < -0.39 is 0 Å². The fourth-order valence-electron chi connectivity index (χ4n) is 7.34. The number of para-hydroxylation sites is 2. The summed E-state index contributed by atoms with van der Waals surface area (Å²) in [6.07, 6.45) is 1.89. The maximum absolute atomic E-state index is 6.27. The summed E-state index contributed by atoms with van der Waals surface area (Å²) in [6, 6.07) is 54.1. The summed E-state index contributed by atoms with van der Waals surface area (Å²) >= 11 is 0. The molecular weight excluding hydrogens is 560 g/mol. The van der Waals surface area contributed by atoms with Crippen LogP contribution in [0.4, 0.5) is 17.1 Å². The number of hydrogen-bond acceptors (Lipinski definition) is 3. The SMILES string of the molecule is c1ccc(N(c2ccc(-c3ccc4ccc5cc6cccnc6c6ccc3c4c56)cc2)c2ccc3c(c2)oc2ccccc23)cc1. The third-order valence-corrected chi connectivity index (χ3v) is 9.42. The Bertz CT molecular complexity index is 2740. The molecule has 2 heterocycles. The molecule has 0 spiro atoms. The van der Waals surface area contributed by atoms with E-state index in [-0.39, 0.29) is 0 Å². The molecule has 0 N–H and O–H groups in total. The molecule has 3 heteroatoms. The van der Waals surface area contributed by atoms with E-state index in [1.54, 1.807) is 0 Å². The molecule has 0 unspecified atom stereocenters. The predicted octanol–water partition coefficient (Wildman–Crippen LogP) is 12.2. The normalized spacial score (nSPS) is 11.9. The monoisotopic (exact) mass is 586 g/mol. The van der Waals surface area contributed by atoms with Gasteiger partial charge < -0.3 is 9.32 Å². The van der Waals surface area contributed by atoms with Gasteiger partial charge in [0, 0.05) is 50.9 Å². The molecule has 0 bridgehead atoms. The molecule has 10 rings (SSSR count). The zero-order valence-electron chi connectivity index (χ0n) is 24.8. The molecule has 8 aromatic carbocycles. The van der Waals surface area contributed by atoms with E-state index in [1.807, 2.05) is 24.4 Å². The molecule has 0 atom stereocenters. The van der Waals surface area contributed by atoms with Crippen molar-refractivity contribution >= 4 is 82.2 Å². The molecule has 0 radical (unpaired) electrons. The van der Waals surface area contributed by atoms with E-state index in [1.165, 1.54) is 48.8 Å². The maximum Gasteiger partial charge on any atom is 0.137 e. The Morgan fingerprint density at radius 3 is 2.04 bits per heavy atom. The Labute approximate surface area is 264 Å². The predicted molar refractivity (Wildman–Crippen MR) is 193 cm³/mol. The lowest BCUT2D eigenvalue weighted by atomic mass is 9.89. The molecular formula is C43H26N2O. The largest absolute Gasteiger partial charge is 0.456 e. The fraction of sp³-hybridized carbons (Fsp3) is 0. The number of aromatic nitrogens is 1. The van der Waals surface area contributed by atoms with Gasteiger partial charge in [-0.1, -0.05) is 91.0 Å². The van der Waals surface area contributed by atoms with E-state index >= 15 is 0 Å². The van der Waals surface area contributed by atoms with E-state index in [0.717, 1.165) is 44.5 Å². The molecule has 0 aliphatic heterocycles. The summed E-state index contributed by atoms with van der Waals surface area (Å²) in [7, 11) is 0. The number of rotatable bonds is 4. The molecule has 2 aromatic heterocycles. The molecule has 0 fully saturated rings. The van der Waals surface area contributed by atoms with Gasteiger partial charge in [-0.05, 0) is 92.7 Å². The lowest BCUT2D eigenvalue weighted by Gasteiger charge is -2.25. The number of fused-ring (bicyclic) bond motifs is 5. The lowest BCUT2D eigenvalue weighted by molar-refractivity contribution is 0.669. The fourth-order valence-corrected chi connectivity index (χ4v) is 7.34. The van der Waals surface area contributed by atoms with Crippen LogP contribution in [0.2, 0.25) is 0 Å².